The molecule has 106 valence electrons. The summed E-state index contributed by atoms with van der Waals surface area (Å²) in [6.07, 6.45) is 0. The number of hydrogen-bond donors (Lipinski definition) is 0. The highest BCUT2D eigenvalue weighted by molar-refractivity contribution is 6.28. The first-order chi connectivity index (χ1) is 10.6. The molecule has 0 aliphatic carbocycles. The van der Waals surface area contributed by atoms with Crippen LogP contribution in [0, 0.1) is 0 Å². The van der Waals surface area contributed by atoms with Crippen LogP contribution in [0.15, 0.2) is 48.5 Å². The monoisotopic (exact) mass is 286 g/mol. The maximum atomic E-state index is 12.2. The molecule has 0 fully saturated rings. The van der Waals surface area contributed by atoms with E-state index in [1.807, 2.05) is 30.3 Å². The molecule has 22 heavy (non-hydrogen) atoms. The Bertz CT molecular complexity index is 1060. The molecule has 0 radical (unpaired) electrons. The van der Waals surface area contributed by atoms with Crippen LogP contribution in [0.5, 0.6) is 0 Å². The van der Waals surface area contributed by atoms with Gasteiger partial charge in [-0.25, -0.2) is 0 Å². The number of hydrogen-bond acceptors (Lipinski definition) is 2. The molecule has 4 aromatic rings. The van der Waals surface area contributed by atoms with Gasteiger partial charge in [0.05, 0.1) is 0 Å². The van der Waals surface area contributed by atoms with Crippen LogP contribution >= 0.6 is 0 Å². The minimum Gasteiger partial charge on any atom is -0.294 e. The molecule has 4 aromatic carbocycles. The third kappa shape index (κ3) is 1.61. The van der Waals surface area contributed by atoms with E-state index in [1.54, 1.807) is 0 Å². The number of carbonyl (C=O) groups excluding carboxylic acids is 2. The van der Waals surface area contributed by atoms with Gasteiger partial charge in [-0.3, -0.25) is 9.59 Å². The zero-order chi connectivity index (χ0) is 15.4. The summed E-state index contributed by atoms with van der Waals surface area (Å²) in [6, 6.07) is 16.1. The van der Waals surface area contributed by atoms with E-state index < -0.39 is 0 Å². The molecule has 0 spiro atoms. The highest BCUT2D eigenvalue weighted by Crippen LogP contribution is 2.37. The summed E-state index contributed by atoms with van der Waals surface area (Å²) >= 11 is 0. The Hall–Kier alpha value is -2.74. The van der Waals surface area contributed by atoms with Crippen LogP contribution in [-0.4, -0.2) is 11.6 Å². The molecule has 0 aromatic heterocycles. The van der Waals surface area contributed by atoms with Gasteiger partial charge >= 0.3 is 0 Å². The highest BCUT2D eigenvalue weighted by Gasteiger charge is 2.19. The second-order valence-corrected chi connectivity index (χ2v) is 5.77. The fourth-order valence-corrected chi connectivity index (χ4v) is 3.47. The van der Waals surface area contributed by atoms with Gasteiger partial charge in [-0.2, -0.15) is 0 Å². The summed E-state index contributed by atoms with van der Waals surface area (Å²) in [7, 11) is 0. The Morgan fingerprint density at radius 3 is 2.00 bits per heavy atom. The minimum atomic E-state index is -0.0734. The van der Waals surface area contributed by atoms with Crippen molar-refractivity contribution in [3.63, 3.8) is 0 Å². The predicted molar refractivity (Wildman–Crippen MR) is 90.2 cm³/mol. The third-order valence-corrected chi connectivity index (χ3v) is 4.38. The molecule has 0 saturated carbocycles. The molecule has 0 unspecified atom stereocenters. The van der Waals surface area contributed by atoms with Crippen LogP contribution in [0.2, 0.25) is 0 Å². The summed E-state index contributed by atoms with van der Waals surface area (Å²) in [6.45, 7) is 3.04. The molecule has 0 bridgehead atoms. The highest BCUT2D eigenvalue weighted by atomic mass is 16.1. The Kier molecular flexibility index (Phi) is 2.58. The van der Waals surface area contributed by atoms with Crippen molar-refractivity contribution in [2.45, 2.75) is 13.8 Å². The van der Waals surface area contributed by atoms with Crippen molar-refractivity contribution in [3.8, 4) is 0 Å². The first-order valence-electron chi connectivity index (χ1n) is 7.30. The van der Waals surface area contributed by atoms with E-state index in [-0.39, 0.29) is 11.6 Å². The van der Waals surface area contributed by atoms with Gasteiger partial charge in [0, 0.05) is 11.1 Å². The Morgan fingerprint density at radius 2 is 1.36 bits per heavy atom. The molecule has 2 nitrogen and oxygen atoms in total. The molecule has 2 heteroatoms. The smallest absolute Gasteiger partial charge is 0.161 e. The Labute approximate surface area is 127 Å². The zero-order valence-corrected chi connectivity index (χ0v) is 12.4. The zero-order valence-electron chi connectivity index (χ0n) is 12.4. The van der Waals surface area contributed by atoms with E-state index in [0.29, 0.717) is 11.1 Å². The van der Waals surface area contributed by atoms with Crippen molar-refractivity contribution < 1.29 is 9.59 Å². The lowest BCUT2D eigenvalue weighted by Gasteiger charge is -2.15. The van der Waals surface area contributed by atoms with Crippen molar-refractivity contribution >= 4 is 43.9 Å². The lowest BCUT2D eigenvalue weighted by atomic mass is 9.87. The van der Waals surface area contributed by atoms with Gasteiger partial charge in [-0.05, 0) is 52.2 Å². The quantitative estimate of drug-likeness (QED) is 0.384. The molecule has 0 atom stereocenters. The van der Waals surface area contributed by atoms with Crippen LogP contribution in [0.3, 0.4) is 0 Å². The summed E-state index contributed by atoms with van der Waals surface area (Å²) in [5, 5.41) is 6.43. The van der Waals surface area contributed by atoms with Crippen molar-refractivity contribution in [2.75, 3.05) is 0 Å². The second kappa shape index (κ2) is 4.38. The van der Waals surface area contributed by atoms with Crippen LogP contribution in [-0.2, 0) is 0 Å². The van der Waals surface area contributed by atoms with Gasteiger partial charge in [-0.15, -0.1) is 0 Å². The maximum Gasteiger partial charge on any atom is 0.161 e. The summed E-state index contributed by atoms with van der Waals surface area (Å²) in [5.74, 6) is -0.140. The standard InChI is InChI=1S/C20H14O2/c1-11(21)17-10-15-7-6-13-4-3-5-14-8-9-16(18(17)12(2)22)20(15)19(13)14/h3-10H,1-2H3. The van der Waals surface area contributed by atoms with Crippen molar-refractivity contribution in [2.24, 2.45) is 0 Å². The van der Waals surface area contributed by atoms with Gasteiger partial charge in [0.15, 0.2) is 11.6 Å². The largest absolute Gasteiger partial charge is 0.294 e. The molecule has 0 saturated heterocycles. The number of carbonyl (C=O) groups is 2. The van der Waals surface area contributed by atoms with Gasteiger partial charge in [0.2, 0.25) is 0 Å². The average Bonchev–Trinajstić information content (AvgIpc) is 2.51. The molecule has 0 aliphatic rings. The van der Waals surface area contributed by atoms with E-state index in [4.69, 9.17) is 0 Å². The lowest BCUT2D eigenvalue weighted by molar-refractivity contribution is 0.0982. The normalized spacial score (nSPS) is 11.5. The number of Topliss-reactive ketones (excluding diaryl/α,β-unsaturated/α-hetero) is 2. The lowest BCUT2D eigenvalue weighted by Crippen LogP contribution is -2.05. The van der Waals surface area contributed by atoms with Crippen LogP contribution in [0.25, 0.3) is 32.3 Å². The fourth-order valence-electron chi connectivity index (χ4n) is 3.47. The summed E-state index contributed by atoms with van der Waals surface area (Å²) in [4.78, 5) is 24.1. The predicted octanol–water partition coefficient (Wildman–Crippen LogP) is 4.99. The second-order valence-electron chi connectivity index (χ2n) is 5.77. The summed E-state index contributed by atoms with van der Waals surface area (Å²) in [5.41, 5.74) is 1.05. The van der Waals surface area contributed by atoms with Crippen molar-refractivity contribution in [3.05, 3.63) is 59.7 Å². The van der Waals surface area contributed by atoms with Crippen LogP contribution in [0.1, 0.15) is 34.6 Å². The molecular formula is C20H14O2. The average molecular weight is 286 g/mol. The molecule has 0 N–H and O–H groups in total. The first kappa shape index (κ1) is 13.0. The van der Waals surface area contributed by atoms with Crippen LogP contribution < -0.4 is 0 Å². The molecule has 4 rings (SSSR count). The molecular weight excluding hydrogens is 272 g/mol. The van der Waals surface area contributed by atoms with Gasteiger partial charge in [0.1, 0.15) is 0 Å². The van der Waals surface area contributed by atoms with E-state index in [9.17, 15) is 9.59 Å². The topological polar surface area (TPSA) is 34.1 Å². The summed E-state index contributed by atoms with van der Waals surface area (Å²) < 4.78 is 0. The SMILES string of the molecule is CC(=O)c1cc2ccc3cccc4ccc(c1C(C)=O)c2c34. The van der Waals surface area contributed by atoms with E-state index in [0.717, 1.165) is 32.3 Å². The van der Waals surface area contributed by atoms with Crippen molar-refractivity contribution in [1.82, 2.24) is 0 Å². The van der Waals surface area contributed by atoms with Gasteiger partial charge < -0.3 is 0 Å². The Balaban J connectivity index is 2.36. The van der Waals surface area contributed by atoms with E-state index in [2.05, 4.69) is 18.2 Å². The first-order valence-corrected chi connectivity index (χ1v) is 7.30. The van der Waals surface area contributed by atoms with Gasteiger partial charge in [0.25, 0.3) is 0 Å². The number of benzene rings is 4. The van der Waals surface area contributed by atoms with Crippen LogP contribution in [0.4, 0.5) is 0 Å². The van der Waals surface area contributed by atoms with E-state index >= 15 is 0 Å². The molecule has 0 heterocycles. The molecule has 0 amide bonds. The third-order valence-electron chi connectivity index (χ3n) is 4.38. The fraction of sp³-hybridized carbons (Fsp3) is 0.100. The Morgan fingerprint density at radius 1 is 0.727 bits per heavy atom. The van der Waals surface area contributed by atoms with Gasteiger partial charge in [-0.1, -0.05) is 42.5 Å². The van der Waals surface area contributed by atoms with Crippen molar-refractivity contribution in [1.29, 1.82) is 0 Å². The number of rotatable bonds is 2. The number of ketones is 2. The van der Waals surface area contributed by atoms with E-state index in [1.165, 1.54) is 13.8 Å². The maximum absolute atomic E-state index is 12.2. The molecule has 0 aliphatic heterocycles. The minimum absolute atomic E-state index is 0.0665.